The minimum Gasteiger partial charge on any atom is -0.487 e. The van der Waals surface area contributed by atoms with E-state index < -0.39 is 11.6 Å². The average Bonchev–Trinajstić information content (AvgIpc) is 3.26. The summed E-state index contributed by atoms with van der Waals surface area (Å²) in [7, 11) is 0. The fourth-order valence-electron chi connectivity index (χ4n) is 3.14. The number of benzene rings is 1. The molecule has 2 fully saturated rings. The number of hydrogen-bond donors (Lipinski definition) is 2. The Morgan fingerprint density at radius 3 is 2.76 bits per heavy atom. The van der Waals surface area contributed by atoms with Crippen molar-refractivity contribution in [3.05, 3.63) is 29.8 Å². The molecule has 0 bridgehead atoms. The lowest BCUT2D eigenvalue weighted by atomic mass is 9.80. The van der Waals surface area contributed by atoms with E-state index in [9.17, 15) is 13.9 Å². The molecule has 2 N–H and O–H groups in total. The van der Waals surface area contributed by atoms with Crippen LogP contribution < -0.4 is 10.1 Å². The predicted octanol–water partition coefficient (Wildman–Crippen LogP) is 2.77. The Kier molecular flexibility index (Phi) is 4.13. The molecule has 2 saturated carbocycles. The number of rotatable bonds is 5. The smallest absolute Gasteiger partial charge is 0.167 e. The van der Waals surface area contributed by atoms with Crippen LogP contribution in [0.15, 0.2) is 18.2 Å². The highest BCUT2D eigenvalue weighted by molar-refractivity contribution is 5.25. The van der Waals surface area contributed by atoms with Gasteiger partial charge in [-0.25, -0.2) is 8.78 Å². The second kappa shape index (κ2) is 5.89. The van der Waals surface area contributed by atoms with Crippen molar-refractivity contribution in [1.29, 1.82) is 0 Å². The number of aliphatic hydroxyl groups excluding tert-OH is 1. The van der Waals surface area contributed by atoms with Crippen molar-refractivity contribution in [2.24, 2.45) is 0 Å². The van der Waals surface area contributed by atoms with Crippen molar-refractivity contribution < 1.29 is 18.6 Å². The molecule has 0 spiro atoms. The Bertz CT molecular complexity index is 507. The van der Waals surface area contributed by atoms with Crippen LogP contribution in [0.1, 0.15) is 38.5 Å². The second-order valence-electron chi connectivity index (χ2n) is 6.27. The molecule has 1 aromatic rings. The van der Waals surface area contributed by atoms with Gasteiger partial charge < -0.3 is 15.2 Å². The first kappa shape index (κ1) is 14.7. The zero-order valence-electron chi connectivity index (χ0n) is 11.9. The van der Waals surface area contributed by atoms with Crippen molar-refractivity contribution in [2.75, 3.05) is 6.61 Å². The van der Waals surface area contributed by atoms with Crippen LogP contribution in [-0.2, 0) is 0 Å². The number of nitrogens with one attached hydrogen (secondary N) is 1. The quantitative estimate of drug-likeness (QED) is 0.878. The van der Waals surface area contributed by atoms with E-state index in [1.807, 2.05) is 0 Å². The zero-order valence-corrected chi connectivity index (χ0v) is 11.9. The van der Waals surface area contributed by atoms with Crippen LogP contribution in [0.2, 0.25) is 0 Å². The van der Waals surface area contributed by atoms with Crippen LogP contribution in [0.25, 0.3) is 0 Å². The number of halogens is 2. The summed E-state index contributed by atoms with van der Waals surface area (Å²) >= 11 is 0. The van der Waals surface area contributed by atoms with Gasteiger partial charge >= 0.3 is 0 Å². The zero-order chi connectivity index (χ0) is 14.9. The SMILES string of the molecule is OCC1(NC2CC2)CCCC(Oc2ccc(F)cc2F)C1. The van der Waals surface area contributed by atoms with Crippen LogP contribution in [0.3, 0.4) is 0 Å². The van der Waals surface area contributed by atoms with Gasteiger partial charge in [0.15, 0.2) is 11.6 Å². The molecular weight excluding hydrogens is 276 g/mol. The van der Waals surface area contributed by atoms with E-state index in [0.29, 0.717) is 12.5 Å². The largest absolute Gasteiger partial charge is 0.487 e. The van der Waals surface area contributed by atoms with E-state index in [4.69, 9.17) is 4.74 Å². The molecule has 0 saturated heterocycles. The lowest BCUT2D eigenvalue weighted by Gasteiger charge is -2.40. The highest BCUT2D eigenvalue weighted by Crippen LogP contribution is 2.34. The molecule has 3 nitrogen and oxygen atoms in total. The molecule has 116 valence electrons. The molecule has 21 heavy (non-hydrogen) atoms. The third kappa shape index (κ3) is 3.52. The molecule has 3 rings (SSSR count). The van der Waals surface area contributed by atoms with Crippen molar-refractivity contribution >= 4 is 0 Å². The molecule has 2 aliphatic rings. The second-order valence-corrected chi connectivity index (χ2v) is 6.27. The third-order valence-corrected chi connectivity index (χ3v) is 4.38. The van der Waals surface area contributed by atoms with Crippen molar-refractivity contribution in [1.82, 2.24) is 5.32 Å². The highest BCUT2D eigenvalue weighted by Gasteiger charge is 2.40. The van der Waals surface area contributed by atoms with Gasteiger partial charge in [0, 0.05) is 24.1 Å². The summed E-state index contributed by atoms with van der Waals surface area (Å²) in [6, 6.07) is 3.86. The number of aliphatic hydroxyl groups is 1. The normalized spacial score (nSPS) is 29.4. The molecule has 1 aromatic carbocycles. The molecule has 5 heteroatoms. The summed E-state index contributed by atoms with van der Waals surface area (Å²) in [5.74, 6) is -1.20. The van der Waals surface area contributed by atoms with Crippen LogP contribution >= 0.6 is 0 Å². The van der Waals surface area contributed by atoms with Crippen molar-refractivity contribution in [3.63, 3.8) is 0 Å². The van der Waals surface area contributed by atoms with Gasteiger partial charge in [-0.15, -0.1) is 0 Å². The van der Waals surface area contributed by atoms with Crippen LogP contribution in [-0.4, -0.2) is 29.4 Å². The van der Waals surface area contributed by atoms with Crippen LogP contribution in [0.4, 0.5) is 8.78 Å². The molecule has 0 radical (unpaired) electrons. The molecular formula is C16H21F2NO2. The maximum atomic E-state index is 13.7. The number of ether oxygens (including phenoxy) is 1. The first-order chi connectivity index (χ1) is 10.1. The Morgan fingerprint density at radius 2 is 2.10 bits per heavy atom. The number of hydrogen-bond acceptors (Lipinski definition) is 3. The molecule has 2 atom stereocenters. The summed E-state index contributed by atoms with van der Waals surface area (Å²) in [6.45, 7) is 0.0647. The van der Waals surface area contributed by atoms with E-state index >= 15 is 0 Å². The first-order valence-corrected chi connectivity index (χ1v) is 7.60. The predicted molar refractivity (Wildman–Crippen MR) is 75.2 cm³/mol. The van der Waals surface area contributed by atoms with Crippen molar-refractivity contribution in [3.8, 4) is 5.75 Å². The summed E-state index contributed by atoms with van der Waals surface area (Å²) in [5, 5.41) is 13.3. The summed E-state index contributed by atoms with van der Waals surface area (Å²) in [5.41, 5.74) is -0.319. The Balaban J connectivity index is 1.67. The highest BCUT2D eigenvalue weighted by atomic mass is 19.1. The van der Waals surface area contributed by atoms with Gasteiger partial charge in [0.25, 0.3) is 0 Å². The summed E-state index contributed by atoms with van der Waals surface area (Å²) < 4.78 is 32.3. The Hall–Kier alpha value is -1.20. The minimum atomic E-state index is -0.676. The molecule has 0 aromatic heterocycles. The lowest BCUT2D eigenvalue weighted by molar-refractivity contribution is 0.0478. The third-order valence-electron chi connectivity index (χ3n) is 4.38. The van der Waals surface area contributed by atoms with E-state index in [-0.39, 0.29) is 24.0 Å². The maximum absolute atomic E-state index is 13.7. The maximum Gasteiger partial charge on any atom is 0.167 e. The van der Waals surface area contributed by atoms with Gasteiger partial charge in [-0.3, -0.25) is 0 Å². The van der Waals surface area contributed by atoms with E-state index in [1.165, 1.54) is 12.1 Å². The molecule has 0 heterocycles. The van der Waals surface area contributed by atoms with Gasteiger partial charge in [-0.2, -0.15) is 0 Å². The van der Waals surface area contributed by atoms with Crippen LogP contribution in [0, 0.1) is 11.6 Å². The van der Waals surface area contributed by atoms with E-state index in [1.54, 1.807) is 0 Å². The monoisotopic (exact) mass is 297 g/mol. The fourth-order valence-corrected chi connectivity index (χ4v) is 3.14. The molecule has 2 unspecified atom stereocenters. The van der Waals surface area contributed by atoms with Gasteiger partial charge in [0.05, 0.1) is 6.61 Å². The summed E-state index contributed by atoms with van der Waals surface area (Å²) in [6.07, 6.45) is 5.46. The first-order valence-electron chi connectivity index (χ1n) is 7.60. The lowest BCUT2D eigenvalue weighted by Crippen LogP contribution is -2.54. The molecule has 2 aliphatic carbocycles. The Morgan fingerprint density at radius 1 is 1.29 bits per heavy atom. The van der Waals surface area contributed by atoms with Crippen molar-refractivity contribution in [2.45, 2.75) is 56.2 Å². The Labute approximate surface area is 123 Å². The standard InChI is InChI=1S/C16H21F2NO2/c17-11-3-6-15(14(18)8-11)21-13-2-1-7-16(9-13,10-20)19-12-4-5-12/h3,6,8,12-13,19-20H,1-2,4-5,7,9-10H2. The van der Waals surface area contributed by atoms with Crippen LogP contribution in [0.5, 0.6) is 5.75 Å². The van der Waals surface area contributed by atoms with Gasteiger partial charge in [-0.05, 0) is 44.2 Å². The molecule has 0 amide bonds. The van der Waals surface area contributed by atoms with E-state index in [2.05, 4.69) is 5.32 Å². The van der Waals surface area contributed by atoms with Gasteiger partial charge in [-0.1, -0.05) is 0 Å². The average molecular weight is 297 g/mol. The van der Waals surface area contributed by atoms with Gasteiger partial charge in [0.1, 0.15) is 11.9 Å². The topological polar surface area (TPSA) is 41.5 Å². The van der Waals surface area contributed by atoms with Gasteiger partial charge in [0.2, 0.25) is 0 Å². The summed E-state index contributed by atoms with van der Waals surface area (Å²) in [4.78, 5) is 0. The fraction of sp³-hybridized carbons (Fsp3) is 0.625. The van der Waals surface area contributed by atoms with E-state index in [0.717, 1.165) is 38.2 Å². The molecule has 0 aliphatic heterocycles. The minimum absolute atomic E-state index is 0.0647.